The van der Waals surface area contributed by atoms with E-state index in [0.717, 1.165) is 0 Å². The van der Waals surface area contributed by atoms with Gasteiger partial charge in [-0.1, -0.05) is 84.9 Å². The first kappa shape index (κ1) is 40.4. The fourth-order valence-electron chi connectivity index (χ4n) is 5.70. The number of amides is 4. The molecule has 1 heterocycles. The minimum atomic E-state index is -4.66. The van der Waals surface area contributed by atoms with Crippen LogP contribution in [0.2, 0.25) is 0 Å². The van der Waals surface area contributed by atoms with Crippen LogP contribution in [-0.2, 0) is 14.4 Å². The summed E-state index contributed by atoms with van der Waals surface area (Å²) in [5.41, 5.74) is 4.10. The van der Waals surface area contributed by atoms with E-state index in [1.807, 2.05) is 13.8 Å². The van der Waals surface area contributed by atoms with E-state index in [1.54, 1.807) is 71.0 Å². The molecule has 48 heavy (non-hydrogen) atoms. The van der Waals surface area contributed by atoms with Crippen molar-refractivity contribution in [1.29, 1.82) is 0 Å². The fraction of sp³-hybridized carbons (Fsp3) is 0.618. The largest absolute Gasteiger partial charge is 0.389 e. The Morgan fingerprint density at radius 1 is 1.02 bits per heavy atom. The lowest BCUT2D eigenvalue weighted by Gasteiger charge is -2.41. The van der Waals surface area contributed by atoms with Crippen molar-refractivity contribution in [3.05, 3.63) is 48.6 Å². The van der Waals surface area contributed by atoms with Gasteiger partial charge in [0.15, 0.2) is 5.78 Å². The molecule has 2 rings (SSSR count). The molecule has 1 aromatic carbocycles. The number of nitrogens with one attached hydrogen (secondary N) is 3. The molecule has 14 heteroatoms. The van der Waals surface area contributed by atoms with Crippen LogP contribution in [0, 0.1) is 22.7 Å². The first-order chi connectivity index (χ1) is 22.0. The van der Waals surface area contributed by atoms with Gasteiger partial charge in [0.2, 0.25) is 11.7 Å². The highest BCUT2D eigenvalue weighted by molar-refractivity contribution is 6.37. The normalized spacial score (nSPS) is 19.9. The summed E-state index contributed by atoms with van der Waals surface area (Å²) in [7, 11) is 0. The highest BCUT2D eigenvalue weighted by Gasteiger charge is 2.49. The maximum atomic E-state index is 13.7. The van der Waals surface area contributed by atoms with E-state index in [-0.39, 0.29) is 30.6 Å². The minimum absolute atomic E-state index is 0.114. The van der Waals surface area contributed by atoms with Crippen LogP contribution in [0.25, 0.3) is 0 Å². The van der Waals surface area contributed by atoms with E-state index in [1.165, 1.54) is 4.90 Å². The van der Waals surface area contributed by atoms with Gasteiger partial charge in [-0.25, -0.2) is 4.79 Å². The molecular weight excluding hydrogens is 631 g/mol. The molecule has 1 aromatic rings. The number of carbonyl (C=O) groups excluding carboxylic acids is 5. The number of carbonyl (C=O) groups is 5. The molecule has 11 nitrogen and oxygen atoms in total. The number of primary amides is 1. The fourth-order valence-corrected chi connectivity index (χ4v) is 5.70. The van der Waals surface area contributed by atoms with E-state index in [9.17, 15) is 42.3 Å². The zero-order valence-electron chi connectivity index (χ0n) is 28.7. The summed E-state index contributed by atoms with van der Waals surface area (Å²) in [5.74, 6) is -4.64. The van der Waals surface area contributed by atoms with E-state index in [2.05, 4.69) is 22.5 Å². The molecule has 0 bridgehead atoms. The number of benzene rings is 1. The predicted octanol–water partition coefficient (Wildman–Crippen LogP) is 3.71. The number of nitrogens with zero attached hydrogens (tertiary/aromatic N) is 1. The maximum absolute atomic E-state index is 13.7. The van der Waals surface area contributed by atoms with E-state index >= 15 is 0 Å². The monoisotopic (exact) mass is 681 g/mol. The lowest BCUT2D eigenvalue weighted by molar-refractivity contribution is -0.146. The zero-order chi connectivity index (χ0) is 36.8. The molecule has 6 atom stereocenters. The van der Waals surface area contributed by atoms with Gasteiger partial charge >= 0.3 is 12.2 Å². The summed E-state index contributed by atoms with van der Waals surface area (Å²) in [4.78, 5) is 65.8. The van der Waals surface area contributed by atoms with Crippen molar-refractivity contribution in [2.75, 3.05) is 6.54 Å². The number of aliphatic hydroxyl groups is 1. The Morgan fingerprint density at radius 2 is 1.60 bits per heavy atom. The molecule has 4 amide bonds. The highest BCUT2D eigenvalue weighted by atomic mass is 19.4. The molecule has 268 valence electrons. The maximum Gasteiger partial charge on any atom is 0.389 e. The van der Waals surface area contributed by atoms with Crippen LogP contribution in [0.3, 0.4) is 0 Å². The van der Waals surface area contributed by atoms with Crippen LogP contribution in [0.4, 0.5) is 18.0 Å². The number of Topliss-reactive ketones (excluding diaryl/α,β-unsaturated/α-hetero) is 2. The summed E-state index contributed by atoms with van der Waals surface area (Å²) >= 11 is 0. The van der Waals surface area contributed by atoms with Gasteiger partial charge in [0.1, 0.15) is 6.23 Å². The molecular formula is C34H50F3N5O6. The van der Waals surface area contributed by atoms with Crippen LogP contribution in [-0.4, -0.2) is 82.5 Å². The van der Waals surface area contributed by atoms with Crippen molar-refractivity contribution in [3.8, 4) is 0 Å². The Bertz CT molecular complexity index is 1330. The van der Waals surface area contributed by atoms with Gasteiger partial charge in [-0.15, -0.1) is 6.58 Å². The van der Waals surface area contributed by atoms with Crippen LogP contribution >= 0.6 is 0 Å². The van der Waals surface area contributed by atoms with Crippen molar-refractivity contribution in [1.82, 2.24) is 20.9 Å². The number of hydrogen-bond donors (Lipinski definition) is 5. The molecule has 0 spiro atoms. The number of nitrogens with two attached hydrogens (primary N) is 1. The number of rotatable bonds is 15. The van der Waals surface area contributed by atoms with Crippen LogP contribution in [0.15, 0.2) is 43.0 Å². The molecule has 1 saturated heterocycles. The predicted molar refractivity (Wildman–Crippen MR) is 174 cm³/mol. The second kappa shape index (κ2) is 16.1. The summed E-state index contributed by atoms with van der Waals surface area (Å²) in [5, 5.41) is 19.6. The van der Waals surface area contributed by atoms with Crippen molar-refractivity contribution in [2.24, 2.45) is 28.4 Å². The number of ketones is 2. The van der Waals surface area contributed by atoms with Crippen molar-refractivity contribution in [3.63, 3.8) is 0 Å². The smallest absolute Gasteiger partial charge is 0.376 e. The molecule has 0 aromatic heterocycles. The summed E-state index contributed by atoms with van der Waals surface area (Å²) < 4.78 is 39.1. The molecule has 1 aliphatic rings. The molecule has 0 saturated carbocycles. The second-order valence-corrected chi connectivity index (χ2v) is 14.4. The SMILES string of the molecule is C=CC(C)(C)[C@@H]1C[C@@H](C(=O)NC(CCC(F)(F)F)C(=O)C(N)=O)N(C(O)[C@@H](NC(=O)N[C@H](C(=O)c2ccccc2)C(C)C)C(C)(C)C)C1. The Kier molecular flexibility index (Phi) is 13.5. The van der Waals surface area contributed by atoms with Crippen LogP contribution < -0.4 is 21.7 Å². The Balaban J connectivity index is 2.41. The number of aliphatic hydroxyl groups excluding tert-OH is 1. The average molecular weight is 682 g/mol. The molecule has 0 aliphatic carbocycles. The van der Waals surface area contributed by atoms with Gasteiger partial charge in [-0.3, -0.25) is 24.1 Å². The topological polar surface area (TPSA) is 171 Å². The van der Waals surface area contributed by atoms with Crippen LogP contribution in [0.5, 0.6) is 0 Å². The first-order valence-corrected chi connectivity index (χ1v) is 15.9. The zero-order valence-corrected chi connectivity index (χ0v) is 28.7. The molecule has 0 radical (unpaired) electrons. The Morgan fingerprint density at radius 3 is 2.08 bits per heavy atom. The lowest BCUT2D eigenvalue weighted by atomic mass is 9.77. The third kappa shape index (κ3) is 10.9. The number of hydrogen-bond acceptors (Lipinski definition) is 7. The van der Waals surface area contributed by atoms with E-state index in [4.69, 9.17) is 5.73 Å². The molecule has 1 aliphatic heterocycles. The minimum Gasteiger partial charge on any atom is -0.376 e. The van der Waals surface area contributed by atoms with Gasteiger partial charge in [-0.2, -0.15) is 13.2 Å². The number of halogens is 3. The van der Waals surface area contributed by atoms with Crippen molar-refractivity contribution < 1.29 is 42.3 Å². The van der Waals surface area contributed by atoms with Gasteiger partial charge in [0.25, 0.3) is 5.91 Å². The Hall–Kier alpha value is -3.78. The van der Waals surface area contributed by atoms with Crippen molar-refractivity contribution in [2.45, 2.75) is 104 Å². The standard InChI is InChI=1S/C34H50F3N5O6/c1-9-33(7,8)21-17-23(29(46)39-22(26(44)28(38)45)15-16-34(35,36)37)42(18-21)30(47)27(32(4,5)6)41-31(48)40-24(19(2)3)25(43)20-13-11-10-12-14-20/h9-14,19,21-24,27,30,47H,1,15-18H2,2-8H3,(H2,38,45)(H,39,46)(H2,40,41,48)/t21-,22?,23+,24+,27-,30?/m1/s1. The summed E-state index contributed by atoms with van der Waals surface area (Å²) in [6, 6.07) is 2.80. The average Bonchev–Trinajstić information content (AvgIpc) is 3.45. The first-order valence-electron chi connectivity index (χ1n) is 15.9. The van der Waals surface area contributed by atoms with Crippen LogP contribution in [0.1, 0.15) is 78.1 Å². The van der Waals surface area contributed by atoms with E-state index < -0.39 is 83.9 Å². The van der Waals surface area contributed by atoms with Gasteiger partial charge < -0.3 is 26.8 Å². The Labute approximate surface area is 280 Å². The van der Waals surface area contributed by atoms with Crippen molar-refractivity contribution >= 4 is 29.4 Å². The number of alkyl halides is 3. The summed E-state index contributed by atoms with van der Waals surface area (Å²) in [6.07, 6.45) is -6.73. The highest BCUT2D eigenvalue weighted by Crippen LogP contribution is 2.40. The second-order valence-electron chi connectivity index (χ2n) is 14.4. The third-order valence-electron chi connectivity index (χ3n) is 8.96. The molecule has 1 fully saturated rings. The number of likely N-dealkylation sites (tertiary alicyclic amines) is 1. The third-order valence-corrected chi connectivity index (χ3v) is 8.96. The van der Waals surface area contributed by atoms with E-state index in [0.29, 0.717) is 5.56 Å². The molecule has 6 N–H and O–H groups in total. The van der Waals surface area contributed by atoms with Gasteiger partial charge in [0.05, 0.1) is 24.2 Å². The molecule has 2 unspecified atom stereocenters. The van der Waals surface area contributed by atoms with Gasteiger partial charge in [0, 0.05) is 18.5 Å². The summed E-state index contributed by atoms with van der Waals surface area (Å²) in [6.45, 7) is 16.6. The lowest BCUT2D eigenvalue weighted by Crippen LogP contribution is -2.63. The number of allylic oxidation sites excluding steroid dienone is 1. The van der Waals surface area contributed by atoms with Gasteiger partial charge in [-0.05, 0) is 35.5 Å². The quantitative estimate of drug-likeness (QED) is 0.107. The number of urea groups is 1.